The van der Waals surface area contributed by atoms with Crippen molar-refractivity contribution in [1.29, 1.82) is 0 Å². The number of anilines is 3. The Morgan fingerprint density at radius 2 is 1.80 bits per heavy atom. The number of amides is 1. The van der Waals surface area contributed by atoms with Crippen molar-refractivity contribution < 1.29 is 28.7 Å². The van der Waals surface area contributed by atoms with E-state index in [1.54, 1.807) is 6.07 Å². The minimum atomic E-state index is -0.595. The number of nitrogens with zero attached hydrogens (tertiary/aromatic N) is 5. The molecule has 4 aromatic rings. The molecule has 49 heavy (non-hydrogen) atoms. The van der Waals surface area contributed by atoms with E-state index in [4.69, 9.17) is 14.2 Å². The van der Waals surface area contributed by atoms with Crippen LogP contribution in [0, 0.1) is 22.0 Å². The monoisotopic (exact) mass is 671 g/mol. The molecular formula is C35H41N7O7. The third-order valence-electron chi connectivity index (χ3n) is 9.35. The van der Waals surface area contributed by atoms with Crippen molar-refractivity contribution in [3.63, 3.8) is 0 Å². The Labute approximate surface area is 283 Å². The lowest BCUT2D eigenvalue weighted by Crippen LogP contribution is -2.47. The molecule has 1 amide bonds. The van der Waals surface area contributed by atoms with Gasteiger partial charge in [-0.05, 0) is 58.4 Å². The van der Waals surface area contributed by atoms with Gasteiger partial charge in [0.05, 0.1) is 41.6 Å². The van der Waals surface area contributed by atoms with Crippen molar-refractivity contribution in [2.24, 2.45) is 18.9 Å². The van der Waals surface area contributed by atoms with Crippen LogP contribution in [0.5, 0.6) is 5.75 Å². The number of ether oxygens (including phenoxy) is 3. The standard InChI is InChI=1S/C35H41N7O7/c1-34(2,3)49-33(44)39-35(4)14-20-17-41(18-21(20)15-35)26-13-28(47-6)24(12-27(26)42(45)46)38-31-29(22-10-8-9-11-25(22)40(31)5)30-23(32(43)48-7)16-36-19-37-30/h8-13,16,19-21,38H,14-15,17-18H2,1-7H3,(H,39,44). The van der Waals surface area contributed by atoms with Gasteiger partial charge in [0.15, 0.2) is 0 Å². The predicted molar refractivity (Wildman–Crippen MR) is 184 cm³/mol. The summed E-state index contributed by atoms with van der Waals surface area (Å²) in [5, 5.41) is 19.8. The van der Waals surface area contributed by atoms with Gasteiger partial charge >= 0.3 is 12.1 Å². The molecule has 1 aliphatic carbocycles. The van der Waals surface area contributed by atoms with E-state index in [0.29, 0.717) is 47.3 Å². The normalized spacial score (nSPS) is 20.2. The van der Waals surface area contributed by atoms with E-state index in [-0.39, 0.29) is 28.0 Å². The maximum atomic E-state index is 12.8. The highest BCUT2D eigenvalue weighted by atomic mass is 16.6. The number of aryl methyl sites for hydroxylation is 1. The number of methoxy groups -OCH3 is 2. The Morgan fingerprint density at radius 1 is 1.10 bits per heavy atom. The summed E-state index contributed by atoms with van der Waals surface area (Å²) in [5.41, 5.74) is 1.71. The van der Waals surface area contributed by atoms with E-state index >= 15 is 0 Å². The number of benzene rings is 2. The maximum Gasteiger partial charge on any atom is 0.408 e. The van der Waals surface area contributed by atoms with E-state index in [1.807, 2.05) is 68.5 Å². The minimum absolute atomic E-state index is 0.0736. The lowest BCUT2D eigenvalue weighted by molar-refractivity contribution is -0.384. The molecule has 1 aliphatic heterocycles. The molecule has 2 fully saturated rings. The lowest BCUT2D eigenvalue weighted by Gasteiger charge is -2.30. The van der Waals surface area contributed by atoms with Gasteiger partial charge in [0.1, 0.15) is 34.7 Å². The maximum absolute atomic E-state index is 12.8. The van der Waals surface area contributed by atoms with Crippen molar-refractivity contribution in [1.82, 2.24) is 19.9 Å². The molecule has 258 valence electrons. The van der Waals surface area contributed by atoms with Crippen molar-refractivity contribution in [3.05, 3.63) is 64.6 Å². The van der Waals surface area contributed by atoms with Crippen LogP contribution in [-0.4, -0.2) is 70.0 Å². The smallest absolute Gasteiger partial charge is 0.408 e. The van der Waals surface area contributed by atoms with Gasteiger partial charge < -0.3 is 34.3 Å². The molecular weight excluding hydrogens is 630 g/mol. The van der Waals surface area contributed by atoms with Crippen LogP contribution in [0.25, 0.3) is 22.2 Å². The van der Waals surface area contributed by atoms with Crippen LogP contribution in [0.4, 0.5) is 27.7 Å². The number of esters is 1. The molecule has 1 saturated heterocycles. The molecule has 14 heteroatoms. The molecule has 2 atom stereocenters. The molecule has 2 aromatic heterocycles. The summed E-state index contributed by atoms with van der Waals surface area (Å²) in [7, 11) is 4.67. The average molecular weight is 672 g/mol. The minimum Gasteiger partial charge on any atom is -0.494 e. The predicted octanol–water partition coefficient (Wildman–Crippen LogP) is 6.21. The largest absolute Gasteiger partial charge is 0.494 e. The Kier molecular flexibility index (Phi) is 8.59. The van der Waals surface area contributed by atoms with E-state index in [1.165, 1.54) is 32.8 Å². The van der Waals surface area contributed by atoms with Gasteiger partial charge in [-0.2, -0.15) is 0 Å². The summed E-state index contributed by atoms with van der Waals surface area (Å²) in [5.74, 6) is 0.819. The lowest BCUT2D eigenvalue weighted by atomic mass is 9.98. The number of hydrogen-bond acceptors (Lipinski definition) is 11. The molecule has 2 aromatic carbocycles. The summed E-state index contributed by atoms with van der Waals surface area (Å²) < 4.78 is 18.2. The summed E-state index contributed by atoms with van der Waals surface area (Å²) in [6.07, 6.45) is 3.79. The van der Waals surface area contributed by atoms with Crippen LogP contribution in [0.1, 0.15) is 50.9 Å². The van der Waals surface area contributed by atoms with Gasteiger partial charge in [0.25, 0.3) is 5.69 Å². The van der Waals surface area contributed by atoms with Crippen LogP contribution in [0.2, 0.25) is 0 Å². The van der Waals surface area contributed by atoms with Gasteiger partial charge in [0, 0.05) is 49.4 Å². The molecule has 2 N–H and O–H groups in total. The number of alkyl carbamates (subject to hydrolysis) is 1. The highest BCUT2D eigenvalue weighted by molar-refractivity contribution is 6.08. The van der Waals surface area contributed by atoms with Crippen LogP contribution >= 0.6 is 0 Å². The average Bonchev–Trinajstić information content (AvgIpc) is 3.66. The number of nitrogens with one attached hydrogen (secondary N) is 2. The molecule has 3 heterocycles. The number of hydrogen-bond donors (Lipinski definition) is 2. The summed E-state index contributed by atoms with van der Waals surface area (Å²) in [6, 6.07) is 10.8. The first-order valence-electron chi connectivity index (χ1n) is 16.1. The molecule has 1 saturated carbocycles. The number of fused-ring (bicyclic) bond motifs is 2. The Morgan fingerprint density at radius 3 is 2.43 bits per heavy atom. The zero-order chi connectivity index (χ0) is 35.2. The zero-order valence-electron chi connectivity index (χ0n) is 28.7. The number of aromatic nitrogens is 3. The molecule has 2 aliphatic rings. The second-order valence-electron chi connectivity index (χ2n) is 14.0. The SMILES string of the molecule is COC(=O)c1cncnc1-c1c(Nc2cc([N+](=O)[O-])c(N3CC4CC(C)(NC(=O)OC(C)(C)C)CC4C3)cc2OC)n(C)c2ccccc12. The number of nitro benzene ring substituents is 1. The highest BCUT2D eigenvalue weighted by Crippen LogP contribution is 2.49. The van der Waals surface area contributed by atoms with E-state index in [0.717, 1.165) is 23.7 Å². The molecule has 0 radical (unpaired) electrons. The fourth-order valence-electron chi connectivity index (χ4n) is 7.41. The quantitative estimate of drug-likeness (QED) is 0.124. The fraction of sp³-hybridized carbons (Fsp3) is 0.429. The van der Waals surface area contributed by atoms with Crippen LogP contribution in [-0.2, 0) is 16.5 Å². The van der Waals surface area contributed by atoms with Crippen molar-refractivity contribution in [2.75, 3.05) is 37.5 Å². The molecule has 2 unspecified atom stereocenters. The van der Waals surface area contributed by atoms with Gasteiger partial charge in [-0.1, -0.05) is 18.2 Å². The summed E-state index contributed by atoms with van der Waals surface area (Å²) >= 11 is 0. The number of carbonyl (C=O) groups is 2. The zero-order valence-corrected chi connectivity index (χ0v) is 28.7. The first-order chi connectivity index (χ1) is 23.2. The van der Waals surface area contributed by atoms with Crippen molar-refractivity contribution in [2.45, 2.75) is 51.7 Å². The van der Waals surface area contributed by atoms with E-state index in [2.05, 4.69) is 20.6 Å². The van der Waals surface area contributed by atoms with Crippen molar-refractivity contribution in [3.8, 4) is 17.0 Å². The fourth-order valence-corrected chi connectivity index (χ4v) is 7.41. The number of para-hydroxylation sites is 1. The summed E-state index contributed by atoms with van der Waals surface area (Å²) in [4.78, 5) is 48.1. The molecule has 14 nitrogen and oxygen atoms in total. The number of nitro groups is 1. The Balaban J connectivity index is 1.33. The Bertz CT molecular complexity index is 1940. The molecule has 0 bridgehead atoms. The summed E-state index contributed by atoms with van der Waals surface area (Å²) in [6.45, 7) is 8.73. The second kappa shape index (κ2) is 12.6. The topological polar surface area (TPSA) is 163 Å². The second-order valence-corrected chi connectivity index (χ2v) is 14.0. The van der Waals surface area contributed by atoms with Crippen LogP contribution < -0.4 is 20.3 Å². The molecule has 6 rings (SSSR count). The van der Waals surface area contributed by atoms with Crippen molar-refractivity contribution >= 4 is 45.8 Å². The van der Waals surface area contributed by atoms with E-state index in [9.17, 15) is 19.7 Å². The number of rotatable bonds is 8. The van der Waals surface area contributed by atoms with Crippen LogP contribution in [0.15, 0.2) is 48.9 Å². The van der Waals surface area contributed by atoms with Gasteiger partial charge in [-0.3, -0.25) is 10.1 Å². The third-order valence-corrected chi connectivity index (χ3v) is 9.35. The van der Waals surface area contributed by atoms with Gasteiger partial charge in [-0.15, -0.1) is 0 Å². The van der Waals surface area contributed by atoms with E-state index < -0.39 is 23.2 Å². The first-order valence-corrected chi connectivity index (χ1v) is 16.1. The van der Waals surface area contributed by atoms with Gasteiger partial charge in [-0.25, -0.2) is 19.6 Å². The molecule has 0 spiro atoms. The third kappa shape index (κ3) is 6.42. The highest BCUT2D eigenvalue weighted by Gasteiger charge is 2.48. The Hall–Kier alpha value is -5.40. The van der Waals surface area contributed by atoms with Gasteiger partial charge in [0.2, 0.25) is 0 Å². The number of carbonyl (C=O) groups excluding carboxylic acids is 2. The van der Waals surface area contributed by atoms with Crippen LogP contribution in [0.3, 0.4) is 0 Å². The first kappa shape index (κ1) is 33.5.